The number of hydrogen-bond acceptors (Lipinski definition) is 6. The molecule has 0 bridgehead atoms. The van der Waals surface area contributed by atoms with Crippen LogP contribution in [0.5, 0.6) is 0 Å². The Balaban J connectivity index is 1.44. The molecular weight excluding hydrogens is 450 g/mol. The first-order valence-corrected chi connectivity index (χ1v) is 11.9. The van der Waals surface area contributed by atoms with Gasteiger partial charge in [-0.1, -0.05) is 55.3 Å². The number of unbranched alkanes of at least 4 members (excludes halogenated alkanes) is 1. The Kier molecular flexibility index (Phi) is 7.33. The second-order valence-corrected chi connectivity index (χ2v) is 9.02. The molecule has 4 rings (SSSR count). The van der Waals surface area contributed by atoms with E-state index in [9.17, 15) is 14.4 Å². The predicted octanol–water partition coefficient (Wildman–Crippen LogP) is 6.45. The van der Waals surface area contributed by atoms with Gasteiger partial charge in [0.05, 0.1) is 23.6 Å². The van der Waals surface area contributed by atoms with E-state index in [1.165, 1.54) is 4.90 Å². The number of rotatable bonds is 8. The molecule has 0 saturated carbocycles. The molecular formula is C27H25NO5S. The lowest BCUT2D eigenvalue weighted by molar-refractivity contribution is -0.123. The highest BCUT2D eigenvalue weighted by Gasteiger charge is 2.35. The molecule has 0 N–H and O–H groups in total. The van der Waals surface area contributed by atoms with Crippen molar-refractivity contribution < 1.29 is 23.5 Å². The third kappa shape index (κ3) is 5.48. The molecule has 1 fully saturated rings. The molecule has 2 aromatic carbocycles. The molecule has 1 aromatic heterocycles. The number of esters is 1. The molecule has 0 atom stereocenters. The third-order valence-electron chi connectivity index (χ3n) is 5.33. The van der Waals surface area contributed by atoms with Gasteiger partial charge in [-0.05, 0) is 54.9 Å². The molecule has 7 heteroatoms. The first-order valence-electron chi connectivity index (χ1n) is 11.1. The number of hydrogen-bond donors (Lipinski definition) is 0. The summed E-state index contributed by atoms with van der Waals surface area (Å²) in [5, 5.41) is -0.300. The number of carbonyl (C=O) groups excluding carboxylic acids is 3. The van der Waals surface area contributed by atoms with Gasteiger partial charge in [0.2, 0.25) is 0 Å². The van der Waals surface area contributed by atoms with Crippen molar-refractivity contribution in [1.82, 2.24) is 4.90 Å². The second kappa shape index (κ2) is 10.6. The summed E-state index contributed by atoms with van der Waals surface area (Å²) in [6.45, 7) is 4.66. The van der Waals surface area contributed by atoms with E-state index in [1.807, 2.05) is 38.1 Å². The molecule has 2 amide bonds. The van der Waals surface area contributed by atoms with Gasteiger partial charge in [0.15, 0.2) is 0 Å². The lowest BCUT2D eigenvalue weighted by Crippen LogP contribution is -2.27. The fraction of sp³-hybridized carbons (Fsp3) is 0.222. The summed E-state index contributed by atoms with van der Waals surface area (Å²) in [5.41, 5.74) is 3.25. The Bertz CT molecular complexity index is 1240. The van der Waals surface area contributed by atoms with Gasteiger partial charge in [-0.25, -0.2) is 4.79 Å². The van der Waals surface area contributed by atoms with E-state index in [1.54, 1.807) is 42.5 Å². The van der Waals surface area contributed by atoms with Crippen LogP contribution in [0.25, 0.3) is 17.4 Å². The average molecular weight is 476 g/mol. The summed E-state index contributed by atoms with van der Waals surface area (Å²) >= 11 is 0.905. The first kappa shape index (κ1) is 23.6. The molecule has 1 aliphatic rings. The highest BCUT2D eigenvalue weighted by molar-refractivity contribution is 8.18. The number of imide groups is 1. The molecule has 6 nitrogen and oxygen atoms in total. The minimum absolute atomic E-state index is 0.236. The standard InChI is InChI=1S/C27H25NO5S/c1-3-4-14-32-26(30)21-10-8-20(9-11-21)23-13-12-22(33-23)16-24-25(29)28(27(31)34-24)17-19-7-5-6-18(2)15-19/h5-13,15-16H,3-4,14,17H2,1-2H3/b24-16+. The van der Waals surface area contributed by atoms with Crippen LogP contribution in [0.3, 0.4) is 0 Å². The third-order valence-corrected chi connectivity index (χ3v) is 6.24. The molecule has 0 unspecified atom stereocenters. The van der Waals surface area contributed by atoms with Crippen molar-refractivity contribution in [3.63, 3.8) is 0 Å². The van der Waals surface area contributed by atoms with Gasteiger partial charge >= 0.3 is 5.97 Å². The highest BCUT2D eigenvalue weighted by Crippen LogP contribution is 2.34. The van der Waals surface area contributed by atoms with Crippen LogP contribution in [-0.2, 0) is 16.1 Å². The average Bonchev–Trinajstić information content (AvgIpc) is 3.40. The Morgan fingerprint density at radius 2 is 1.88 bits per heavy atom. The lowest BCUT2D eigenvalue weighted by atomic mass is 10.1. The van der Waals surface area contributed by atoms with E-state index in [2.05, 4.69) is 0 Å². The monoisotopic (exact) mass is 475 g/mol. The number of thioether (sulfide) groups is 1. The molecule has 2 heterocycles. The number of carbonyl (C=O) groups is 3. The van der Waals surface area contributed by atoms with Crippen LogP contribution in [0.1, 0.15) is 47.0 Å². The molecule has 174 valence electrons. The predicted molar refractivity (Wildman–Crippen MR) is 132 cm³/mol. The molecule has 1 aliphatic heterocycles. The van der Waals surface area contributed by atoms with Gasteiger partial charge in [-0.2, -0.15) is 0 Å². The van der Waals surface area contributed by atoms with Gasteiger partial charge in [-0.15, -0.1) is 0 Å². The Morgan fingerprint density at radius 1 is 1.09 bits per heavy atom. The van der Waals surface area contributed by atoms with E-state index < -0.39 is 0 Å². The fourth-order valence-electron chi connectivity index (χ4n) is 3.51. The minimum atomic E-state index is -0.346. The lowest BCUT2D eigenvalue weighted by Gasteiger charge is -2.12. The van der Waals surface area contributed by atoms with Crippen molar-refractivity contribution in [1.29, 1.82) is 0 Å². The van der Waals surface area contributed by atoms with E-state index in [0.29, 0.717) is 28.6 Å². The highest BCUT2D eigenvalue weighted by atomic mass is 32.2. The quantitative estimate of drug-likeness (QED) is 0.212. The largest absolute Gasteiger partial charge is 0.462 e. The van der Waals surface area contributed by atoms with Crippen molar-refractivity contribution in [2.75, 3.05) is 6.61 Å². The van der Waals surface area contributed by atoms with Crippen molar-refractivity contribution in [3.05, 3.63) is 88.0 Å². The molecule has 3 aromatic rings. The van der Waals surface area contributed by atoms with Crippen LogP contribution in [-0.4, -0.2) is 28.6 Å². The maximum atomic E-state index is 12.8. The zero-order valence-electron chi connectivity index (χ0n) is 19.1. The zero-order chi connectivity index (χ0) is 24.1. The van der Waals surface area contributed by atoms with E-state index in [0.717, 1.165) is 41.3 Å². The fourth-order valence-corrected chi connectivity index (χ4v) is 4.33. The molecule has 0 radical (unpaired) electrons. The van der Waals surface area contributed by atoms with Crippen LogP contribution < -0.4 is 0 Å². The maximum absolute atomic E-state index is 12.8. The number of aryl methyl sites for hydroxylation is 1. The van der Waals surface area contributed by atoms with E-state index in [4.69, 9.17) is 9.15 Å². The van der Waals surface area contributed by atoms with Crippen LogP contribution in [0.15, 0.2) is 70.0 Å². The van der Waals surface area contributed by atoms with E-state index in [-0.39, 0.29) is 23.7 Å². The van der Waals surface area contributed by atoms with Crippen LogP contribution >= 0.6 is 11.8 Å². The summed E-state index contributed by atoms with van der Waals surface area (Å²) in [6, 6.07) is 18.2. The maximum Gasteiger partial charge on any atom is 0.338 e. The Hall–Kier alpha value is -3.58. The van der Waals surface area contributed by atoms with Crippen molar-refractivity contribution in [2.24, 2.45) is 0 Å². The van der Waals surface area contributed by atoms with Gasteiger partial charge in [0.1, 0.15) is 11.5 Å². The summed E-state index contributed by atoms with van der Waals surface area (Å²) in [7, 11) is 0. The van der Waals surface area contributed by atoms with Gasteiger partial charge in [0, 0.05) is 11.6 Å². The van der Waals surface area contributed by atoms with Crippen LogP contribution in [0, 0.1) is 6.92 Å². The number of furan rings is 1. The summed E-state index contributed by atoms with van der Waals surface area (Å²) < 4.78 is 11.1. The van der Waals surface area contributed by atoms with Crippen LogP contribution in [0.2, 0.25) is 0 Å². The number of nitrogens with zero attached hydrogens (tertiary/aromatic N) is 1. The van der Waals surface area contributed by atoms with Crippen molar-refractivity contribution >= 4 is 35.0 Å². The Labute approximate surface area is 202 Å². The number of amides is 2. The molecule has 0 aliphatic carbocycles. The molecule has 1 saturated heterocycles. The zero-order valence-corrected chi connectivity index (χ0v) is 19.9. The summed E-state index contributed by atoms with van der Waals surface area (Å²) in [5.74, 6) is 0.386. The first-order chi connectivity index (χ1) is 16.4. The minimum Gasteiger partial charge on any atom is -0.462 e. The summed E-state index contributed by atoms with van der Waals surface area (Å²) in [4.78, 5) is 38.9. The van der Waals surface area contributed by atoms with Gasteiger partial charge in [-0.3, -0.25) is 14.5 Å². The topological polar surface area (TPSA) is 76.8 Å². The van der Waals surface area contributed by atoms with Crippen molar-refractivity contribution in [3.8, 4) is 11.3 Å². The second-order valence-electron chi connectivity index (χ2n) is 8.03. The van der Waals surface area contributed by atoms with Gasteiger partial charge in [0.25, 0.3) is 11.1 Å². The SMILES string of the molecule is CCCCOC(=O)c1ccc(-c2ccc(/C=C3/SC(=O)N(Cc4cccc(C)c4)C3=O)o2)cc1. The van der Waals surface area contributed by atoms with E-state index >= 15 is 0 Å². The molecule has 34 heavy (non-hydrogen) atoms. The smallest absolute Gasteiger partial charge is 0.338 e. The van der Waals surface area contributed by atoms with Gasteiger partial charge < -0.3 is 9.15 Å². The summed E-state index contributed by atoms with van der Waals surface area (Å²) in [6.07, 6.45) is 3.39. The number of benzene rings is 2. The van der Waals surface area contributed by atoms with Crippen molar-refractivity contribution in [2.45, 2.75) is 33.2 Å². The Morgan fingerprint density at radius 3 is 2.62 bits per heavy atom. The normalized spacial score (nSPS) is 14.8. The number of ether oxygens (including phenoxy) is 1. The molecule has 0 spiro atoms. The van der Waals surface area contributed by atoms with Crippen LogP contribution in [0.4, 0.5) is 4.79 Å².